The van der Waals surface area contributed by atoms with Gasteiger partial charge in [0, 0.05) is 11.5 Å². The molecule has 0 saturated heterocycles. The van der Waals surface area contributed by atoms with Gasteiger partial charge in [-0.15, -0.1) is 0 Å². The lowest BCUT2D eigenvalue weighted by molar-refractivity contribution is -0.137. The van der Waals surface area contributed by atoms with Crippen molar-refractivity contribution < 1.29 is 13.2 Å². The van der Waals surface area contributed by atoms with E-state index >= 15 is 0 Å². The van der Waals surface area contributed by atoms with E-state index in [-0.39, 0.29) is 0 Å². The maximum absolute atomic E-state index is 12.4. The number of pyridine rings is 1. The van der Waals surface area contributed by atoms with Gasteiger partial charge >= 0.3 is 6.18 Å². The van der Waals surface area contributed by atoms with Gasteiger partial charge in [-0.25, -0.2) is 4.98 Å². The van der Waals surface area contributed by atoms with Gasteiger partial charge in [0.1, 0.15) is 5.82 Å². The molecule has 15 heavy (non-hydrogen) atoms. The Hall–Kier alpha value is -1.04. The highest BCUT2D eigenvalue weighted by Gasteiger charge is 2.33. The van der Waals surface area contributed by atoms with Gasteiger partial charge in [0.15, 0.2) is 0 Å². The molecule has 0 aliphatic heterocycles. The summed E-state index contributed by atoms with van der Waals surface area (Å²) in [6.45, 7) is 0. The van der Waals surface area contributed by atoms with Crippen molar-refractivity contribution in [3.05, 3.63) is 29.5 Å². The van der Waals surface area contributed by atoms with Crippen molar-refractivity contribution in [3.8, 4) is 0 Å². The molecule has 0 aliphatic carbocycles. The number of allylic oxidation sites excluding steroid dienone is 1. The number of hydrogen-bond acceptors (Lipinski definition) is 2. The summed E-state index contributed by atoms with van der Waals surface area (Å²) < 4.78 is 37.2. The molecule has 0 aromatic carbocycles. The maximum Gasteiger partial charge on any atom is 0.419 e. The second kappa shape index (κ2) is 4.65. The van der Waals surface area contributed by atoms with Crippen molar-refractivity contribution in [2.45, 2.75) is 6.18 Å². The van der Waals surface area contributed by atoms with E-state index < -0.39 is 17.6 Å². The molecule has 0 saturated carbocycles. The first kappa shape index (κ1) is 12.0. The lowest BCUT2D eigenvalue weighted by Gasteiger charge is -2.09. The first-order chi connectivity index (χ1) is 6.95. The Kier molecular flexibility index (Phi) is 3.73. The summed E-state index contributed by atoms with van der Waals surface area (Å²) >= 11 is 3.13. The normalized spacial score (nSPS) is 12.3. The highest BCUT2D eigenvalue weighted by molar-refractivity contribution is 9.09. The predicted molar refractivity (Wildman–Crippen MR) is 56.5 cm³/mol. The molecule has 2 N–H and O–H groups in total. The van der Waals surface area contributed by atoms with Crippen molar-refractivity contribution in [3.63, 3.8) is 0 Å². The highest BCUT2D eigenvalue weighted by Crippen LogP contribution is 2.33. The molecule has 0 amide bonds. The minimum Gasteiger partial charge on any atom is -0.383 e. The van der Waals surface area contributed by atoms with Gasteiger partial charge in [-0.2, -0.15) is 13.2 Å². The molecule has 2 nitrogen and oxygen atoms in total. The van der Waals surface area contributed by atoms with Crippen LogP contribution in [0.2, 0.25) is 0 Å². The number of nitrogens with zero attached hydrogens (tertiary/aromatic N) is 1. The fraction of sp³-hybridized carbons (Fsp3) is 0.222. The third-order valence-corrected chi connectivity index (χ3v) is 2.02. The van der Waals surface area contributed by atoms with E-state index in [1.54, 1.807) is 6.08 Å². The molecule has 1 rings (SSSR count). The predicted octanol–water partition coefficient (Wildman–Crippen LogP) is 3.09. The Labute approximate surface area is 93.1 Å². The molecule has 0 radical (unpaired) electrons. The molecular weight excluding hydrogens is 273 g/mol. The van der Waals surface area contributed by atoms with Gasteiger partial charge in [-0.05, 0) is 11.6 Å². The van der Waals surface area contributed by atoms with Crippen molar-refractivity contribution >= 4 is 27.8 Å². The van der Waals surface area contributed by atoms with Crippen LogP contribution in [0.1, 0.15) is 11.1 Å². The van der Waals surface area contributed by atoms with E-state index in [0.29, 0.717) is 10.9 Å². The van der Waals surface area contributed by atoms with Gasteiger partial charge < -0.3 is 5.73 Å². The average molecular weight is 281 g/mol. The SMILES string of the molecule is Nc1ncc(C=CCBr)cc1C(F)(F)F. The average Bonchev–Trinajstić information content (AvgIpc) is 2.15. The van der Waals surface area contributed by atoms with Crippen LogP contribution >= 0.6 is 15.9 Å². The molecule has 82 valence electrons. The summed E-state index contributed by atoms with van der Waals surface area (Å²) in [6, 6.07) is 0.974. The lowest BCUT2D eigenvalue weighted by Crippen LogP contribution is -2.10. The minimum absolute atomic E-state index is 0.371. The van der Waals surface area contributed by atoms with E-state index in [1.165, 1.54) is 12.3 Å². The van der Waals surface area contributed by atoms with Crippen LogP contribution in [0, 0.1) is 0 Å². The summed E-state index contributed by atoms with van der Waals surface area (Å²) in [5.74, 6) is -0.501. The van der Waals surface area contributed by atoms with E-state index in [9.17, 15) is 13.2 Å². The summed E-state index contributed by atoms with van der Waals surface area (Å²) in [5, 5.41) is 0.568. The molecule has 0 fully saturated rings. The van der Waals surface area contributed by atoms with E-state index in [0.717, 1.165) is 6.07 Å². The lowest BCUT2D eigenvalue weighted by atomic mass is 10.1. The van der Waals surface area contributed by atoms with Crippen LogP contribution in [-0.4, -0.2) is 10.3 Å². The summed E-state index contributed by atoms with van der Waals surface area (Å²) in [5.41, 5.74) is 4.61. The summed E-state index contributed by atoms with van der Waals surface area (Å²) in [6.07, 6.45) is 0.0445. The molecule has 0 atom stereocenters. The number of halogens is 4. The van der Waals surface area contributed by atoms with Crippen LogP contribution in [0.15, 0.2) is 18.3 Å². The van der Waals surface area contributed by atoms with Crippen LogP contribution in [0.25, 0.3) is 6.08 Å². The molecule has 1 heterocycles. The zero-order chi connectivity index (χ0) is 11.5. The fourth-order valence-corrected chi connectivity index (χ4v) is 1.18. The van der Waals surface area contributed by atoms with Gasteiger partial charge in [0.25, 0.3) is 0 Å². The van der Waals surface area contributed by atoms with E-state index in [1.807, 2.05) is 0 Å². The van der Waals surface area contributed by atoms with Crippen molar-refractivity contribution in [1.29, 1.82) is 0 Å². The first-order valence-corrected chi connectivity index (χ1v) is 5.12. The number of aromatic nitrogens is 1. The topological polar surface area (TPSA) is 38.9 Å². The second-order valence-corrected chi connectivity index (χ2v) is 3.40. The number of hydrogen-bond donors (Lipinski definition) is 1. The molecule has 1 aromatic rings. The molecular formula is C9H8BrF3N2. The minimum atomic E-state index is -4.46. The number of nitrogen functional groups attached to an aromatic ring is 1. The third-order valence-electron chi connectivity index (χ3n) is 1.64. The Bertz CT molecular complexity index is 374. The Morgan fingerprint density at radius 1 is 1.47 bits per heavy atom. The van der Waals surface area contributed by atoms with Gasteiger partial charge in [-0.1, -0.05) is 28.1 Å². The summed E-state index contributed by atoms with van der Waals surface area (Å²) in [7, 11) is 0. The molecule has 0 aliphatic rings. The van der Waals surface area contributed by atoms with Gasteiger partial charge in [0.05, 0.1) is 5.56 Å². The van der Waals surface area contributed by atoms with Crippen molar-refractivity contribution in [2.75, 3.05) is 11.1 Å². The van der Waals surface area contributed by atoms with Crippen LogP contribution in [0.3, 0.4) is 0 Å². The molecule has 6 heteroatoms. The van der Waals surface area contributed by atoms with E-state index in [4.69, 9.17) is 5.73 Å². The monoisotopic (exact) mass is 280 g/mol. The standard InChI is InChI=1S/C9H8BrF3N2/c10-3-1-2-6-4-7(9(11,12)13)8(14)15-5-6/h1-2,4-5H,3H2,(H2,14,15). The molecule has 0 spiro atoms. The second-order valence-electron chi connectivity index (χ2n) is 2.76. The molecule has 1 aromatic heterocycles. The Balaban J connectivity index is 3.11. The Morgan fingerprint density at radius 3 is 2.67 bits per heavy atom. The number of rotatable bonds is 2. The zero-order valence-corrected chi connectivity index (χ0v) is 9.14. The van der Waals surface area contributed by atoms with Crippen LogP contribution in [0.4, 0.5) is 19.0 Å². The number of anilines is 1. The zero-order valence-electron chi connectivity index (χ0n) is 7.55. The molecule has 0 unspecified atom stereocenters. The van der Waals surface area contributed by atoms with Crippen LogP contribution in [0.5, 0.6) is 0 Å². The van der Waals surface area contributed by atoms with Crippen molar-refractivity contribution in [1.82, 2.24) is 4.98 Å². The van der Waals surface area contributed by atoms with Gasteiger partial charge in [0.2, 0.25) is 0 Å². The molecule has 0 bridgehead atoms. The quantitative estimate of drug-likeness (QED) is 0.846. The highest BCUT2D eigenvalue weighted by atomic mass is 79.9. The number of alkyl halides is 4. The maximum atomic E-state index is 12.4. The van der Waals surface area contributed by atoms with E-state index in [2.05, 4.69) is 20.9 Å². The largest absolute Gasteiger partial charge is 0.419 e. The number of nitrogens with two attached hydrogens (primary N) is 1. The third kappa shape index (κ3) is 3.23. The van der Waals surface area contributed by atoms with Gasteiger partial charge in [-0.3, -0.25) is 0 Å². The smallest absolute Gasteiger partial charge is 0.383 e. The Morgan fingerprint density at radius 2 is 2.13 bits per heavy atom. The van der Waals surface area contributed by atoms with Crippen LogP contribution < -0.4 is 5.73 Å². The first-order valence-electron chi connectivity index (χ1n) is 4.00. The van der Waals surface area contributed by atoms with Crippen molar-refractivity contribution in [2.24, 2.45) is 0 Å². The van der Waals surface area contributed by atoms with Crippen LogP contribution in [-0.2, 0) is 6.18 Å². The fourth-order valence-electron chi connectivity index (χ4n) is 0.990. The summed E-state index contributed by atoms with van der Waals surface area (Å²) in [4.78, 5) is 3.49.